The molecule has 0 bridgehead atoms. The van der Waals surface area contributed by atoms with Gasteiger partial charge in [-0.2, -0.15) is 0 Å². The highest BCUT2D eigenvalue weighted by Gasteiger charge is 2.17. The van der Waals surface area contributed by atoms with Crippen LogP contribution in [-0.2, 0) is 6.54 Å². The number of furan rings is 1. The number of hydrogen-bond acceptors (Lipinski definition) is 4. The summed E-state index contributed by atoms with van der Waals surface area (Å²) in [4.78, 5) is 10.6. The highest BCUT2D eigenvalue weighted by molar-refractivity contribution is 5.86. The molecule has 1 unspecified atom stereocenters. The van der Waals surface area contributed by atoms with Gasteiger partial charge in [0.15, 0.2) is 0 Å². The van der Waals surface area contributed by atoms with Crippen LogP contribution in [-0.4, -0.2) is 35.3 Å². The molecular formula is C9H11F2NO4. The quantitative estimate of drug-likeness (QED) is 0.675. The van der Waals surface area contributed by atoms with Gasteiger partial charge in [0.25, 0.3) is 6.43 Å². The van der Waals surface area contributed by atoms with E-state index in [4.69, 9.17) is 10.2 Å². The molecule has 0 aliphatic carbocycles. The van der Waals surface area contributed by atoms with E-state index in [0.717, 1.165) is 0 Å². The number of hydrogen-bond donors (Lipinski definition) is 3. The fraction of sp³-hybridized carbons (Fsp3) is 0.444. The van der Waals surface area contributed by atoms with Gasteiger partial charge in [-0.25, -0.2) is 13.6 Å². The monoisotopic (exact) mass is 235 g/mol. The lowest BCUT2D eigenvalue weighted by Gasteiger charge is -2.09. The molecular weight excluding hydrogens is 224 g/mol. The Kier molecular flexibility index (Phi) is 4.39. The molecule has 1 rings (SSSR count). The van der Waals surface area contributed by atoms with Crippen molar-refractivity contribution in [3.8, 4) is 0 Å². The molecule has 0 spiro atoms. The fourth-order valence-electron chi connectivity index (χ4n) is 1.11. The number of carbonyl (C=O) groups is 1. The van der Waals surface area contributed by atoms with Gasteiger partial charge >= 0.3 is 5.97 Å². The maximum atomic E-state index is 11.9. The van der Waals surface area contributed by atoms with Crippen LogP contribution in [0.25, 0.3) is 0 Å². The maximum absolute atomic E-state index is 11.9. The zero-order chi connectivity index (χ0) is 12.1. The third-order valence-corrected chi connectivity index (χ3v) is 1.90. The van der Waals surface area contributed by atoms with Gasteiger partial charge in [0.05, 0.1) is 6.26 Å². The Balaban J connectivity index is 2.43. The van der Waals surface area contributed by atoms with Crippen molar-refractivity contribution in [1.82, 2.24) is 5.32 Å². The highest BCUT2D eigenvalue weighted by Crippen LogP contribution is 2.10. The van der Waals surface area contributed by atoms with E-state index < -0.39 is 18.5 Å². The Hall–Kier alpha value is -1.47. The predicted octanol–water partition coefficient (Wildman–Crippen LogP) is 0.693. The predicted molar refractivity (Wildman–Crippen MR) is 49.4 cm³/mol. The standard InChI is InChI=1S/C9H11F2NO4/c10-8(11)6(13)4-12-3-5-1-2-16-7(5)9(14)15/h1-2,6,8,12-13H,3-4H2,(H,14,15). The third kappa shape index (κ3) is 3.28. The van der Waals surface area contributed by atoms with Crippen molar-refractivity contribution in [3.05, 3.63) is 23.7 Å². The van der Waals surface area contributed by atoms with Crippen molar-refractivity contribution in [2.45, 2.75) is 19.1 Å². The first-order valence-corrected chi connectivity index (χ1v) is 4.49. The first-order valence-electron chi connectivity index (χ1n) is 4.49. The largest absolute Gasteiger partial charge is 0.475 e. The molecule has 0 saturated heterocycles. The van der Waals surface area contributed by atoms with Gasteiger partial charge in [-0.3, -0.25) is 0 Å². The lowest BCUT2D eigenvalue weighted by atomic mass is 10.2. The molecule has 0 fully saturated rings. The zero-order valence-electron chi connectivity index (χ0n) is 8.19. The number of alkyl halides is 2. The Bertz CT molecular complexity index is 353. The summed E-state index contributed by atoms with van der Waals surface area (Å²) in [6.07, 6.45) is -3.39. The van der Waals surface area contributed by atoms with E-state index in [9.17, 15) is 13.6 Å². The Labute approximate surface area is 89.7 Å². The number of aliphatic hydroxyl groups is 1. The average molecular weight is 235 g/mol. The summed E-state index contributed by atoms with van der Waals surface area (Å²) >= 11 is 0. The molecule has 1 heterocycles. The second-order valence-electron chi connectivity index (χ2n) is 3.11. The van der Waals surface area contributed by atoms with Gasteiger partial charge in [-0.1, -0.05) is 0 Å². The summed E-state index contributed by atoms with van der Waals surface area (Å²) in [7, 11) is 0. The second-order valence-corrected chi connectivity index (χ2v) is 3.11. The topological polar surface area (TPSA) is 82.7 Å². The van der Waals surface area contributed by atoms with Crippen LogP contribution in [0.4, 0.5) is 8.78 Å². The summed E-state index contributed by atoms with van der Waals surface area (Å²) in [6, 6.07) is 1.42. The number of rotatable bonds is 6. The van der Waals surface area contributed by atoms with Gasteiger partial charge < -0.3 is 19.9 Å². The Morgan fingerprint density at radius 1 is 1.56 bits per heavy atom. The molecule has 5 nitrogen and oxygen atoms in total. The van der Waals surface area contributed by atoms with Crippen molar-refractivity contribution >= 4 is 5.97 Å². The molecule has 3 N–H and O–H groups in total. The lowest BCUT2D eigenvalue weighted by Crippen LogP contribution is -2.31. The van der Waals surface area contributed by atoms with E-state index in [-0.39, 0.29) is 18.8 Å². The molecule has 0 aliphatic rings. The molecule has 1 atom stereocenters. The van der Waals surface area contributed by atoms with Crippen LogP contribution in [0, 0.1) is 0 Å². The molecule has 16 heavy (non-hydrogen) atoms. The minimum absolute atomic E-state index is 0.0436. The smallest absolute Gasteiger partial charge is 0.372 e. The van der Waals surface area contributed by atoms with Crippen molar-refractivity contribution in [1.29, 1.82) is 0 Å². The van der Waals surface area contributed by atoms with Crippen molar-refractivity contribution < 1.29 is 28.2 Å². The lowest BCUT2D eigenvalue weighted by molar-refractivity contribution is -0.00343. The average Bonchev–Trinajstić information content (AvgIpc) is 2.65. The maximum Gasteiger partial charge on any atom is 0.372 e. The molecule has 0 amide bonds. The van der Waals surface area contributed by atoms with E-state index >= 15 is 0 Å². The minimum Gasteiger partial charge on any atom is -0.475 e. The van der Waals surface area contributed by atoms with Crippen LogP contribution >= 0.6 is 0 Å². The fourth-order valence-corrected chi connectivity index (χ4v) is 1.11. The molecule has 0 aliphatic heterocycles. The van der Waals surface area contributed by atoms with E-state index in [2.05, 4.69) is 9.73 Å². The Morgan fingerprint density at radius 3 is 2.81 bits per heavy atom. The van der Waals surface area contributed by atoms with Crippen LogP contribution in [0.15, 0.2) is 16.7 Å². The number of aromatic carboxylic acids is 1. The normalized spacial score (nSPS) is 13.0. The molecule has 1 aromatic heterocycles. The van der Waals surface area contributed by atoms with E-state index in [1.807, 2.05) is 0 Å². The molecule has 0 aromatic carbocycles. The summed E-state index contributed by atoms with van der Waals surface area (Å²) in [6.45, 7) is -0.274. The SMILES string of the molecule is O=C(O)c1occc1CNCC(O)C(F)F. The molecule has 0 saturated carbocycles. The minimum atomic E-state index is -2.82. The number of carboxylic acid groups (broad SMARTS) is 1. The first-order chi connectivity index (χ1) is 7.52. The number of nitrogens with one attached hydrogen (secondary N) is 1. The van der Waals surface area contributed by atoms with E-state index in [0.29, 0.717) is 5.56 Å². The molecule has 90 valence electrons. The van der Waals surface area contributed by atoms with Crippen molar-refractivity contribution in [3.63, 3.8) is 0 Å². The summed E-state index contributed by atoms with van der Waals surface area (Å²) in [5, 5.41) is 20.0. The van der Waals surface area contributed by atoms with Crippen LogP contribution in [0.3, 0.4) is 0 Å². The number of aliphatic hydroxyl groups excluding tert-OH is 1. The van der Waals surface area contributed by atoms with Gasteiger partial charge in [-0.15, -0.1) is 0 Å². The van der Waals surface area contributed by atoms with Crippen molar-refractivity contribution in [2.24, 2.45) is 0 Å². The zero-order valence-corrected chi connectivity index (χ0v) is 8.19. The van der Waals surface area contributed by atoms with Gasteiger partial charge in [0, 0.05) is 18.7 Å². The molecule has 7 heteroatoms. The van der Waals surface area contributed by atoms with E-state index in [1.54, 1.807) is 0 Å². The van der Waals surface area contributed by atoms with Crippen molar-refractivity contribution in [2.75, 3.05) is 6.54 Å². The number of carboxylic acids is 1. The number of halogens is 2. The summed E-state index contributed by atoms with van der Waals surface area (Å²) in [5.74, 6) is -1.46. The first kappa shape index (κ1) is 12.6. The van der Waals surface area contributed by atoms with Crippen LogP contribution in [0.1, 0.15) is 16.1 Å². The van der Waals surface area contributed by atoms with Crippen LogP contribution in [0.2, 0.25) is 0 Å². The molecule has 0 radical (unpaired) electrons. The second kappa shape index (κ2) is 5.57. The van der Waals surface area contributed by atoms with Gasteiger partial charge in [0.2, 0.25) is 5.76 Å². The summed E-state index contributed by atoms with van der Waals surface area (Å²) < 4.78 is 28.5. The molecule has 1 aromatic rings. The summed E-state index contributed by atoms with van der Waals surface area (Å²) in [5.41, 5.74) is 0.342. The van der Waals surface area contributed by atoms with Gasteiger partial charge in [-0.05, 0) is 6.07 Å². The Morgan fingerprint density at radius 2 is 2.25 bits per heavy atom. The van der Waals surface area contributed by atoms with E-state index in [1.165, 1.54) is 12.3 Å². The van der Waals surface area contributed by atoms with Crippen LogP contribution < -0.4 is 5.32 Å². The third-order valence-electron chi connectivity index (χ3n) is 1.90. The van der Waals surface area contributed by atoms with Gasteiger partial charge in [0.1, 0.15) is 6.10 Å². The highest BCUT2D eigenvalue weighted by atomic mass is 19.3. The van der Waals surface area contributed by atoms with Crippen LogP contribution in [0.5, 0.6) is 0 Å².